The fraction of sp³-hybridized carbons (Fsp3) is 0.133. The Hall–Kier alpha value is -1.27. The second-order valence-electron chi connectivity index (χ2n) is 4.41. The highest BCUT2D eigenvalue weighted by atomic mass is 79.9. The molecule has 2 aromatic rings. The Morgan fingerprint density at radius 2 is 1.71 bits per heavy atom. The Kier molecular flexibility index (Phi) is 5.47. The topological polar surface area (TPSA) is 29.1 Å². The molecule has 0 aliphatic rings. The second kappa shape index (κ2) is 7.13. The lowest BCUT2D eigenvalue weighted by molar-refractivity contribution is 0.0953. The van der Waals surface area contributed by atoms with Crippen molar-refractivity contribution in [2.45, 2.75) is 6.42 Å². The van der Waals surface area contributed by atoms with Gasteiger partial charge in [-0.3, -0.25) is 4.79 Å². The van der Waals surface area contributed by atoms with E-state index in [2.05, 4.69) is 37.2 Å². The molecule has 0 saturated heterocycles. The summed E-state index contributed by atoms with van der Waals surface area (Å²) in [4.78, 5) is 12.0. The lowest BCUT2D eigenvalue weighted by atomic mass is 10.1. The van der Waals surface area contributed by atoms with Crippen LogP contribution >= 0.6 is 31.9 Å². The molecule has 110 valence electrons. The van der Waals surface area contributed by atoms with Gasteiger partial charge in [-0.2, -0.15) is 0 Å². The van der Waals surface area contributed by atoms with E-state index in [4.69, 9.17) is 0 Å². The average Bonchev–Trinajstić information content (AvgIpc) is 2.37. The fourth-order valence-electron chi connectivity index (χ4n) is 1.84. The minimum absolute atomic E-state index is 0.244. The number of hydrogen-bond donors (Lipinski definition) is 1. The predicted octanol–water partition coefficient (Wildman–Crippen LogP) is 4.46. The molecule has 2 nitrogen and oxygen atoms in total. The number of rotatable bonds is 4. The van der Waals surface area contributed by atoms with Gasteiger partial charge in [0.2, 0.25) is 0 Å². The van der Waals surface area contributed by atoms with E-state index in [-0.39, 0.29) is 5.91 Å². The van der Waals surface area contributed by atoms with Crippen LogP contribution in [0.1, 0.15) is 15.9 Å². The summed E-state index contributed by atoms with van der Waals surface area (Å²) in [7, 11) is 0. The molecule has 1 amide bonds. The third-order valence-corrected chi connectivity index (χ3v) is 3.95. The van der Waals surface area contributed by atoms with Gasteiger partial charge in [-0.1, -0.05) is 15.9 Å². The molecule has 21 heavy (non-hydrogen) atoms. The van der Waals surface area contributed by atoms with Crippen molar-refractivity contribution in [3.05, 3.63) is 68.1 Å². The summed E-state index contributed by atoms with van der Waals surface area (Å²) in [5.41, 5.74) is 1.01. The normalized spacial score (nSPS) is 10.5. The highest BCUT2D eigenvalue weighted by Crippen LogP contribution is 2.21. The molecular weight excluding hydrogens is 408 g/mol. The minimum atomic E-state index is -0.619. The van der Waals surface area contributed by atoms with E-state index >= 15 is 0 Å². The smallest absolute Gasteiger partial charge is 0.252 e. The van der Waals surface area contributed by atoms with E-state index < -0.39 is 11.6 Å². The van der Waals surface area contributed by atoms with E-state index in [1.54, 1.807) is 18.2 Å². The van der Waals surface area contributed by atoms with Crippen LogP contribution in [0.4, 0.5) is 8.78 Å². The van der Waals surface area contributed by atoms with Crippen LogP contribution < -0.4 is 5.32 Å². The van der Waals surface area contributed by atoms with Crippen molar-refractivity contribution in [1.82, 2.24) is 5.32 Å². The van der Waals surface area contributed by atoms with Crippen molar-refractivity contribution in [1.29, 1.82) is 0 Å². The SMILES string of the molecule is O=C(NCCc1cc(F)cc(F)c1)c1ccc(Br)cc1Br. The summed E-state index contributed by atoms with van der Waals surface area (Å²) in [5.74, 6) is -1.48. The molecule has 2 aromatic carbocycles. The first kappa shape index (κ1) is 16.1. The van der Waals surface area contributed by atoms with Gasteiger partial charge in [-0.15, -0.1) is 0 Å². The summed E-state index contributed by atoms with van der Waals surface area (Å²) in [6, 6.07) is 8.56. The van der Waals surface area contributed by atoms with Gasteiger partial charge < -0.3 is 5.32 Å². The zero-order valence-corrected chi connectivity index (χ0v) is 14.0. The molecule has 2 rings (SSSR count). The van der Waals surface area contributed by atoms with Gasteiger partial charge in [0.15, 0.2) is 0 Å². The lowest BCUT2D eigenvalue weighted by Gasteiger charge is -2.07. The van der Waals surface area contributed by atoms with Gasteiger partial charge in [-0.25, -0.2) is 8.78 Å². The minimum Gasteiger partial charge on any atom is -0.352 e. The molecule has 0 atom stereocenters. The van der Waals surface area contributed by atoms with Crippen LogP contribution in [0.15, 0.2) is 45.3 Å². The molecular formula is C15H11Br2F2NO. The first-order valence-electron chi connectivity index (χ1n) is 6.14. The van der Waals surface area contributed by atoms with Crippen LogP contribution in [-0.4, -0.2) is 12.5 Å². The van der Waals surface area contributed by atoms with Crippen molar-refractivity contribution >= 4 is 37.8 Å². The number of benzene rings is 2. The largest absolute Gasteiger partial charge is 0.352 e. The van der Waals surface area contributed by atoms with E-state index in [0.717, 1.165) is 10.5 Å². The molecule has 0 spiro atoms. The maximum Gasteiger partial charge on any atom is 0.252 e. The van der Waals surface area contributed by atoms with Crippen molar-refractivity contribution in [3.8, 4) is 0 Å². The molecule has 0 heterocycles. The Bertz CT molecular complexity index is 656. The summed E-state index contributed by atoms with van der Waals surface area (Å²) in [6.45, 7) is 0.296. The molecule has 0 bridgehead atoms. The lowest BCUT2D eigenvalue weighted by Crippen LogP contribution is -2.26. The van der Waals surface area contributed by atoms with E-state index in [9.17, 15) is 13.6 Å². The van der Waals surface area contributed by atoms with Crippen LogP contribution in [0.25, 0.3) is 0 Å². The van der Waals surface area contributed by atoms with Crippen LogP contribution in [0.5, 0.6) is 0 Å². The molecule has 0 radical (unpaired) electrons. The number of amides is 1. The van der Waals surface area contributed by atoms with Gasteiger partial charge in [-0.05, 0) is 58.2 Å². The molecule has 0 aliphatic carbocycles. The van der Waals surface area contributed by atoms with E-state index in [1.165, 1.54) is 12.1 Å². The Balaban J connectivity index is 1.95. The summed E-state index contributed by atoms with van der Waals surface area (Å²) < 4.78 is 27.6. The predicted molar refractivity (Wildman–Crippen MR) is 84.2 cm³/mol. The van der Waals surface area contributed by atoms with Crippen LogP contribution in [0.2, 0.25) is 0 Å². The van der Waals surface area contributed by atoms with Crippen LogP contribution in [0.3, 0.4) is 0 Å². The number of carbonyl (C=O) groups is 1. The van der Waals surface area contributed by atoms with Gasteiger partial charge in [0.25, 0.3) is 5.91 Å². The maximum absolute atomic E-state index is 13.0. The third-order valence-electron chi connectivity index (χ3n) is 2.80. The molecule has 0 saturated carbocycles. The fourth-order valence-corrected chi connectivity index (χ4v) is 3.07. The molecule has 0 unspecified atom stereocenters. The first-order valence-corrected chi connectivity index (χ1v) is 7.72. The van der Waals surface area contributed by atoms with Crippen molar-refractivity contribution in [2.24, 2.45) is 0 Å². The Labute approximate surface area is 137 Å². The van der Waals surface area contributed by atoms with E-state index in [0.29, 0.717) is 28.6 Å². The quantitative estimate of drug-likeness (QED) is 0.780. The standard InChI is InChI=1S/C15H11Br2F2NO/c16-10-1-2-13(14(17)7-10)15(21)20-4-3-9-5-11(18)8-12(19)6-9/h1-2,5-8H,3-4H2,(H,20,21). The van der Waals surface area contributed by atoms with Gasteiger partial charge >= 0.3 is 0 Å². The third kappa shape index (κ3) is 4.61. The Morgan fingerprint density at radius 1 is 1.05 bits per heavy atom. The van der Waals surface area contributed by atoms with E-state index in [1.807, 2.05) is 0 Å². The monoisotopic (exact) mass is 417 g/mol. The summed E-state index contributed by atoms with van der Waals surface area (Å²) >= 11 is 6.62. The molecule has 1 N–H and O–H groups in total. The first-order chi connectivity index (χ1) is 9.95. The number of carbonyl (C=O) groups excluding carboxylic acids is 1. The average molecular weight is 419 g/mol. The molecule has 0 fully saturated rings. The summed E-state index contributed by atoms with van der Waals surface area (Å²) in [6.07, 6.45) is 0.356. The van der Waals surface area contributed by atoms with Crippen LogP contribution in [-0.2, 0) is 6.42 Å². The number of halogens is 4. The zero-order chi connectivity index (χ0) is 15.4. The van der Waals surface area contributed by atoms with Crippen molar-refractivity contribution < 1.29 is 13.6 Å². The highest BCUT2D eigenvalue weighted by molar-refractivity contribution is 9.11. The van der Waals surface area contributed by atoms with Crippen molar-refractivity contribution in [2.75, 3.05) is 6.54 Å². The van der Waals surface area contributed by atoms with Crippen molar-refractivity contribution in [3.63, 3.8) is 0 Å². The second-order valence-corrected chi connectivity index (χ2v) is 6.18. The molecule has 6 heteroatoms. The van der Waals surface area contributed by atoms with Crippen LogP contribution in [0, 0.1) is 11.6 Å². The number of nitrogens with one attached hydrogen (secondary N) is 1. The summed E-state index contributed by atoms with van der Waals surface area (Å²) in [5, 5.41) is 2.72. The van der Waals surface area contributed by atoms with Gasteiger partial charge in [0, 0.05) is 21.6 Å². The highest BCUT2D eigenvalue weighted by Gasteiger charge is 2.10. The molecule has 0 aromatic heterocycles. The molecule has 0 aliphatic heterocycles. The number of hydrogen-bond acceptors (Lipinski definition) is 1. The van der Waals surface area contributed by atoms with Gasteiger partial charge in [0.05, 0.1) is 5.56 Å². The zero-order valence-electron chi connectivity index (χ0n) is 10.8. The Morgan fingerprint density at radius 3 is 2.33 bits per heavy atom. The van der Waals surface area contributed by atoms with Gasteiger partial charge in [0.1, 0.15) is 11.6 Å². The maximum atomic E-state index is 13.0.